The van der Waals surface area contributed by atoms with Crippen LogP contribution in [0.2, 0.25) is 0 Å². The zero-order chi connectivity index (χ0) is 18.4. The molecule has 1 aromatic rings. The van der Waals surface area contributed by atoms with Crippen LogP contribution in [0.4, 0.5) is 0 Å². The van der Waals surface area contributed by atoms with Gasteiger partial charge in [0.05, 0.1) is 12.2 Å². The van der Waals surface area contributed by atoms with Gasteiger partial charge >= 0.3 is 39.9 Å². The molecular weight excluding hydrogens is 493 g/mol. The molecule has 11 heteroatoms. The van der Waals surface area contributed by atoms with E-state index in [2.05, 4.69) is 9.97 Å². The van der Waals surface area contributed by atoms with Crippen molar-refractivity contribution >= 4 is 17.5 Å². The van der Waals surface area contributed by atoms with Crippen LogP contribution in [0.5, 0.6) is 0 Å². The number of aromatic carboxylic acids is 1. The molecule has 0 atom stereocenters. The first-order chi connectivity index (χ1) is 10.6. The third kappa shape index (κ3) is 30.1. The Balaban J connectivity index is -0.0000000813. The number of rotatable bonds is 3. The van der Waals surface area contributed by atoms with Gasteiger partial charge in [-0.2, -0.15) is 0 Å². The summed E-state index contributed by atoms with van der Waals surface area (Å²) in [4.78, 5) is 36.9. The Hall–Kier alpha value is -1.79. The third-order valence-electron chi connectivity index (χ3n) is 1.59. The molecule has 147 valence electrons. The molecule has 6 N–H and O–H groups in total. The van der Waals surface area contributed by atoms with Gasteiger partial charge in [-0.15, -0.1) is 11.5 Å². The molecule has 0 unspecified atom stereocenters. The first kappa shape index (κ1) is 35.3. The van der Waals surface area contributed by atoms with Crippen LogP contribution in [-0.2, 0) is 20.5 Å². The minimum Gasteiger partial charge on any atom is -0.876 e. The average molecular weight is 517 g/mol. The summed E-state index contributed by atoms with van der Waals surface area (Å²) in [5, 5.41) is 29.9. The average Bonchev–Trinajstić information content (AvgIpc) is 2.37. The number of ketones is 2. The van der Waals surface area contributed by atoms with Gasteiger partial charge in [0.25, 0.3) is 0 Å². The third-order valence-corrected chi connectivity index (χ3v) is 1.59. The van der Waals surface area contributed by atoms with E-state index < -0.39 is 5.97 Å². The van der Waals surface area contributed by atoms with Crippen molar-refractivity contribution in [2.45, 2.75) is 27.7 Å². The summed E-state index contributed by atoms with van der Waals surface area (Å²) >= 11 is 0. The van der Waals surface area contributed by atoms with Crippen molar-refractivity contribution in [1.82, 2.24) is 9.97 Å². The molecule has 0 aliphatic heterocycles. The first-order valence-electron chi connectivity index (χ1n) is 6.25. The largest absolute Gasteiger partial charge is 3.00 e. The second-order valence-corrected chi connectivity index (χ2v) is 4.11. The van der Waals surface area contributed by atoms with E-state index in [4.69, 9.17) is 0 Å². The Morgan fingerprint density at radius 2 is 1.23 bits per heavy atom. The van der Waals surface area contributed by atoms with Gasteiger partial charge in [-0.1, -0.05) is 13.8 Å². The van der Waals surface area contributed by atoms with Crippen LogP contribution in [0, 0.1) is 39.9 Å². The van der Waals surface area contributed by atoms with Crippen molar-refractivity contribution < 1.29 is 80.6 Å². The van der Waals surface area contributed by atoms with Crippen LogP contribution in [0.3, 0.4) is 0 Å². The van der Waals surface area contributed by atoms with Gasteiger partial charge in [-0.25, -0.2) is 0 Å². The van der Waals surface area contributed by atoms with Gasteiger partial charge in [0.1, 0.15) is 5.69 Å². The molecule has 0 spiro atoms. The SMILES string of the molecule is CC(=O)/C=C(/C)[O-].CC(=O)/C=C(/C)[O-].O=C([O-])c1cnccn1.[Gd+3].[OH3+].[OH3+]. The number of hydrogen-bond donors (Lipinski definition) is 0. The van der Waals surface area contributed by atoms with Crippen molar-refractivity contribution in [3.05, 3.63) is 48.0 Å². The predicted octanol–water partition coefficient (Wildman–Crippen LogP) is -3.32. The monoisotopic (exact) mass is 517 g/mol. The molecule has 0 fully saturated rings. The molecule has 0 bridgehead atoms. The minimum atomic E-state index is -1.30. The molecule has 0 saturated carbocycles. The quantitative estimate of drug-likeness (QED) is 0.224. The van der Waals surface area contributed by atoms with Crippen LogP contribution in [0.15, 0.2) is 42.3 Å². The number of nitrogens with zero attached hydrogens (tertiary/aromatic N) is 2. The van der Waals surface area contributed by atoms with Gasteiger partial charge in [0.15, 0.2) is 11.6 Å². The van der Waals surface area contributed by atoms with Gasteiger partial charge in [-0.3, -0.25) is 19.6 Å². The van der Waals surface area contributed by atoms with Crippen molar-refractivity contribution in [2.24, 2.45) is 0 Å². The summed E-state index contributed by atoms with van der Waals surface area (Å²) in [7, 11) is 0. The maximum absolute atomic E-state index is 9.99. The van der Waals surface area contributed by atoms with E-state index in [0.29, 0.717) is 0 Å². The fraction of sp³-hybridized carbons (Fsp3) is 0.267. The molecule has 1 aromatic heterocycles. The molecule has 10 nitrogen and oxygen atoms in total. The molecule has 0 aliphatic carbocycles. The van der Waals surface area contributed by atoms with Gasteiger partial charge < -0.3 is 31.1 Å². The van der Waals surface area contributed by atoms with Crippen LogP contribution < -0.4 is 15.3 Å². The van der Waals surface area contributed by atoms with E-state index in [1.54, 1.807) is 0 Å². The Bertz CT molecular complexity index is 553. The zero-order valence-electron chi connectivity index (χ0n) is 14.7. The predicted molar refractivity (Wildman–Crippen MR) is 85.0 cm³/mol. The fourth-order valence-electron chi connectivity index (χ4n) is 0.977. The number of carbonyl (C=O) groups excluding carboxylic acids is 3. The molecule has 1 radical (unpaired) electrons. The molecular formula is C15H23GdN2O8+2. The van der Waals surface area contributed by atoms with E-state index in [1.165, 1.54) is 40.1 Å². The van der Waals surface area contributed by atoms with Crippen LogP contribution in [0.25, 0.3) is 0 Å². The van der Waals surface area contributed by atoms with Crippen molar-refractivity contribution in [3.63, 3.8) is 0 Å². The molecule has 0 amide bonds. The Labute approximate surface area is 183 Å². The molecule has 26 heavy (non-hydrogen) atoms. The van der Waals surface area contributed by atoms with Gasteiger partial charge in [-0.05, 0) is 26.0 Å². The van der Waals surface area contributed by atoms with E-state index >= 15 is 0 Å². The summed E-state index contributed by atoms with van der Waals surface area (Å²) in [6, 6.07) is 0. The second kappa shape index (κ2) is 21.3. The van der Waals surface area contributed by atoms with Gasteiger partial charge in [0.2, 0.25) is 0 Å². The van der Waals surface area contributed by atoms with Crippen LogP contribution in [0.1, 0.15) is 38.2 Å². The number of allylic oxidation sites excluding steroid dienone is 4. The normalized spacial score (nSPS) is 9.23. The minimum absolute atomic E-state index is 0. The fourth-order valence-corrected chi connectivity index (χ4v) is 0.977. The van der Waals surface area contributed by atoms with E-state index in [-0.39, 0.29) is 79.7 Å². The summed E-state index contributed by atoms with van der Waals surface area (Å²) in [6.45, 7) is 5.39. The van der Waals surface area contributed by atoms with Crippen LogP contribution >= 0.6 is 0 Å². The number of aromatic nitrogens is 2. The van der Waals surface area contributed by atoms with E-state index in [1.807, 2.05) is 0 Å². The number of carbonyl (C=O) groups is 3. The number of carboxylic acid groups (broad SMARTS) is 1. The Kier molecular flexibility index (Phi) is 28.9. The molecule has 0 saturated heterocycles. The summed E-state index contributed by atoms with van der Waals surface area (Å²) in [5.41, 5.74) is -0.141. The smallest absolute Gasteiger partial charge is 0.876 e. The zero-order valence-corrected chi connectivity index (χ0v) is 17.0. The van der Waals surface area contributed by atoms with Crippen LogP contribution in [-0.4, -0.2) is 27.5 Å². The van der Waals surface area contributed by atoms with E-state index in [9.17, 15) is 29.7 Å². The molecule has 1 rings (SSSR count). The molecule has 0 aliphatic rings. The maximum Gasteiger partial charge on any atom is 3.00 e. The second-order valence-electron chi connectivity index (χ2n) is 4.11. The summed E-state index contributed by atoms with van der Waals surface area (Å²) < 4.78 is 0. The number of carboxylic acids is 1. The van der Waals surface area contributed by atoms with Crippen molar-refractivity contribution in [3.8, 4) is 0 Å². The molecule has 1 heterocycles. The Morgan fingerprint density at radius 3 is 1.35 bits per heavy atom. The molecule has 0 aromatic carbocycles. The number of hydrogen-bond acceptors (Lipinski definition) is 8. The van der Waals surface area contributed by atoms with Crippen molar-refractivity contribution in [2.75, 3.05) is 0 Å². The Morgan fingerprint density at radius 1 is 0.846 bits per heavy atom. The topological polar surface area (TPSA) is 212 Å². The van der Waals surface area contributed by atoms with Gasteiger partial charge in [0, 0.05) is 12.4 Å². The maximum atomic E-state index is 9.99. The summed E-state index contributed by atoms with van der Waals surface area (Å²) in [5.74, 6) is -2.05. The standard InChI is InChI=1S/C5H4N2O2.2C5H8O2.Gd.2H2O/c8-5(9)4-3-6-1-2-7-4;2*1-4(6)3-5(2)7;;;/h1-3H,(H,8,9);2*3,6H,1-2H3;;2*1H2/q;;;+3;;/p-1/b;2*4-3-;;;. The first-order valence-corrected chi connectivity index (χ1v) is 6.25. The van der Waals surface area contributed by atoms with Crippen molar-refractivity contribution in [1.29, 1.82) is 0 Å². The summed E-state index contributed by atoms with van der Waals surface area (Å²) in [6.07, 6.45) is 5.94. The van der Waals surface area contributed by atoms with E-state index in [0.717, 1.165) is 18.3 Å².